The van der Waals surface area contributed by atoms with Crippen molar-refractivity contribution in [2.24, 2.45) is 11.8 Å². The van der Waals surface area contributed by atoms with E-state index in [2.05, 4.69) is 78.6 Å². The number of nitrogens with one attached hydrogen (secondary N) is 1. The molecule has 0 aromatic heterocycles. The molecule has 0 heterocycles. The fraction of sp³-hybridized carbons (Fsp3) is 0.550. The molecule has 150 valence electrons. The van der Waals surface area contributed by atoms with Gasteiger partial charge in [0.2, 0.25) is 0 Å². The molecule has 0 spiro atoms. The largest absolute Gasteiger partial charge is 1.00 e. The fourth-order valence-corrected chi connectivity index (χ4v) is 3.35. The van der Waals surface area contributed by atoms with Crippen LogP contribution in [0.15, 0.2) is 40.0 Å². The average molecular weight is 473 g/mol. The van der Waals surface area contributed by atoms with Gasteiger partial charge in [0.1, 0.15) is 0 Å². The van der Waals surface area contributed by atoms with Crippen molar-refractivity contribution in [2.45, 2.75) is 60.9 Å². The van der Waals surface area contributed by atoms with Crippen LogP contribution in [0.3, 0.4) is 0 Å². The Morgan fingerprint density at radius 2 is 1.46 bits per heavy atom. The van der Waals surface area contributed by atoms with Gasteiger partial charge in [0.25, 0.3) is 0 Å². The van der Waals surface area contributed by atoms with Crippen LogP contribution in [0.25, 0.3) is 0 Å². The summed E-state index contributed by atoms with van der Waals surface area (Å²) in [5.41, 5.74) is 8.30. The zero-order valence-electron chi connectivity index (χ0n) is 16.8. The first-order valence-electron chi connectivity index (χ1n) is 7.97. The minimum atomic E-state index is 0. The smallest absolute Gasteiger partial charge is 0.187 e. The molecule has 0 saturated carbocycles. The summed E-state index contributed by atoms with van der Waals surface area (Å²) in [7, 11) is 0. The number of halogens is 4. The first-order valence-corrected chi connectivity index (χ1v) is 7.97. The third-order valence-corrected chi connectivity index (χ3v) is 4.26. The zero-order chi connectivity index (χ0) is 15.9. The molecule has 6 heteroatoms. The molecule has 2 aliphatic carbocycles. The van der Waals surface area contributed by atoms with Gasteiger partial charge in [0.05, 0.1) is 5.92 Å². The maximum absolute atomic E-state index is 3.74. The Labute approximate surface area is 199 Å². The maximum atomic E-state index is 3.74. The predicted molar refractivity (Wildman–Crippen MR) is 91.0 cm³/mol. The molecule has 2 aliphatic rings. The molecule has 0 bridgehead atoms. The van der Waals surface area contributed by atoms with Crippen LogP contribution in [-0.2, 0) is 21.7 Å². The molecule has 2 unspecified atom stereocenters. The minimum absolute atomic E-state index is 0. The van der Waals surface area contributed by atoms with Gasteiger partial charge in [-0.25, -0.2) is 10.6 Å². The van der Waals surface area contributed by atoms with E-state index < -0.39 is 0 Å². The van der Waals surface area contributed by atoms with Crippen LogP contribution in [-0.4, -0.2) is 11.3 Å². The third-order valence-electron chi connectivity index (χ3n) is 4.26. The quantitative estimate of drug-likeness (QED) is 0.288. The molecule has 2 rings (SSSR count). The summed E-state index contributed by atoms with van der Waals surface area (Å²) in [4.78, 5) is 3.74. The number of hydrogen-bond donors (Lipinski definition) is 1. The molecule has 1 nitrogen and oxygen atoms in total. The van der Waals surface area contributed by atoms with Crippen molar-refractivity contribution in [1.82, 2.24) is 0 Å². The minimum Gasteiger partial charge on any atom is -1.00 e. The van der Waals surface area contributed by atoms with Crippen LogP contribution in [0.4, 0.5) is 0 Å². The second-order valence-corrected chi connectivity index (χ2v) is 7.58. The van der Waals surface area contributed by atoms with Crippen LogP contribution in [0, 0.1) is 17.9 Å². The Kier molecular flexibility index (Phi) is 16.8. The molecule has 26 heavy (non-hydrogen) atoms. The van der Waals surface area contributed by atoms with Crippen molar-refractivity contribution in [1.29, 1.82) is 0 Å². The molecule has 0 aliphatic heterocycles. The summed E-state index contributed by atoms with van der Waals surface area (Å²) < 4.78 is 0. The van der Waals surface area contributed by atoms with Gasteiger partial charge in [-0.1, -0.05) is 31.4 Å². The van der Waals surface area contributed by atoms with Crippen LogP contribution in [0.5, 0.6) is 0 Å². The summed E-state index contributed by atoms with van der Waals surface area (Å²) in [6.07, 6.45) is 8.25. The molecule has 2 atom stereocenters. The van der Waals surface area contributed by atoms with E-state index in [4.69, 9.17) is 0 Å². The number of rotatable bonds is 1. The first-order chi connectivity index (χ1) is 9.60. The monoisotopic (exact) mass is 471 g/mol. The molecule has 0 fully saturated rings. The molecule has 0 radical (unpaired) electrons. The second kappa shape index (κ2) is 12.9. The van der Waals surface area contributed by atoms with Crippen molar-refractivity contribution in [3.05, 3.63) is 46.1 Å². The van der Waals surface area contributed by atoms with E-state index in [9.17, 15) is 0 Å². The summed E-state index contributed by atoms with van der Waals surface area (Å²) in [6, 6.07) is 0. The van der Waals surface area contributed by atoms with E-state index in [1.165, 1.54) is 33.6 Å². The number of allylic oxidation sites excluding steroid dienone is 8. The van der Waals surface area contributed by atoms with E-state index in [1.54, 1.807) is 0 Å². The SMILES string of the molecule is CC1=[C-]C(C)C(C2=CC(C)=CC(C)C2=[NH+]C(C)(C)C)=C1C.[Cl-].[Cl-].[Cl-].[Cl-].[Ti]. The predicted octanol–water partition coefficient (Wildman–Crippen LogP) is -8.44. The van der Waals surface area contributed by atoms with Gasteiger partial charge in [0, 0.05) is 27.3 Å². The summed E-state index contributed by atoms with van der Waals surface area (Å²) in [5.74, 6) is 0.809. The molecule has 0 saturated heterocycles. The van der Waals surface area contributed by atoms with Crippen LogP contribution in [0.2, 0.25) is 0 Å². The van der Waals surface area contributed by atoms with Gasteiger partial charge >= 0.3 is 0 Å². The Morgan fingerprint density at radius 3 is 1.85 bits per heavy atom. The maximum Gasteiger partial charge on any atom is 0.187 e. The second-order valence-electron chi connectivity index (χ2n) is 7.58. The molecule has 0 amide bonds. The third kappa shape index (κ3) is 7.86. The van der Waals surface area contributed by atoms with Gasteiger partial charge in [-0.3, -0.25) is 6.08 Å². The van der Waals surface area contributed by atoms with Gasteiger partial charge in [-0.15, -0.1) is 12.5 Å². The van der Waals surface area contributed by atoms with E-state index in [0.29, 0.717) is 11.8 Å². The Morgan fingerprint density at radius 1 is 0.962 bits per heavy atom. The first kappa shape index (κ1) is 34.0. The van der Waals surface area contributed by atoms with Crippen molar-refractivity contribution < 1.29 is 76.3 Å². The van der Waals surface area contributed by atoms with E-state index in [0.717, 1.165) is 0 Å². The van der Waals surface area contributed by atoms with Gasteiger partial charge in [-0.2, -0.15) is 5.57 Å². The average Bonchev–Trinajstić information content (AvgIpc) is 2.55. The standard InChI is InChI=1S/C20H28N.4ClH.Ti/c1-12-9-15(4)19(21-20(6,7)8)17(10-12)18-14(3)11-13(2)16(18)5;;;;;/h9-10,14-15H,1-8H3;4*1H;/q-1;;;;;/p-3. The van der Waals surface area contributed by atoms with E-state index in [-0.39, 0.29) is 76.9 Å². The van der Waals surface area contributed by atoms with Crippen molar-refractivity contribution in [2.75, 3.05) is 0 Å². The van der Waals surface area contributed by atoms with Crippen LogP contribution in [0.1, 0.15) is 55.4 Å². The van der Waals surface area contributed by atoms with Crippen molar-refractivity contribution in [3.63, 3.8) is 0 Å². The van der Waals surface area contributed by atoms with Crippen molar-refractivity contribution in [3.8, 4) is 0 Å². The Hall–Kier alpha value is 0.504. The van der Waals surface area contributed by atoms with Gasteiger partial charge in [0.15, 0.2) is 11.3 Å². The molecular formula is C20H29Cl4NTi-4. The number of hydrogen-bond acceptors (Lipinski definition) is 0. The molecule has 0 aromatic rings. The Bertz CT molecular complexity index is 622. The van der Waals surface area contributed by atoms with Gasteiger partial charge in [-0.05, 0) is 40.7 Å². The molecule has 1 N–H and O–H groups in total. The normalized spacial score (nSPS) is 23.2. The van der Waals surface area contributed by atoms with Crippen LogP contribution < -0.4 is 54.6 Å². The Balaban J connectivity index is -0.000000484. The zero-order valence-corrected chi connectivity index (χ0v) is 21.4. The van der Waals surface area contributed by atoms with Gasteiger partial charge < -0.3 is 49.6 Å². The molecule has 0 aromatic carbocycles. The van der Waals surface area contributed by atoms with E-state index >= 15 is 0 Å². The topological polar surface area (TPSA) is 14.0 Å². The summed E-state index contributed by atoms with van der Waals surface area (Å²) in [6.45, 7) is 17.8. The molecular weight excluding hydrogens is 444 g/mol. The fourth-order valence-electron chi connectivity index (χ4n) is 3.35. The van der Waals surface area contributed by atoms with Crippen LogP contribution >= 0.6 is 0 Å². The van der Waals surface area contributed by atoms with Crippen molar-refractivity contribution >= 4 is 5.71 Å². The summed E-state index contributed by atoms with van der Waals surface area (Å²) >= 11 is 0. The summed E-state index contributed by atoms with van der Waals surface area (Å²) in [5, 5.41) is 0. The van der Waals surface area contributed by atoms with E-state index in [1.807, 2.05) is 0 Å².